The third kappa shape index (κ3) is 10.1. The van der Waals surface area contributed by atoms with Gasteiger partial charge in [-0.05, 0) is 88.3 Å². The molecule has 2 aromatic rings. The number of morpholine rings is 1. The maximum atomic E-state index is 14.8. The normalized spacial score (nSPS) is 31.7. The fraction of sp³-hybridized carbons (Fsp3) is 0.674. The molecule has 0 bridgehead atoms. The van der Waals surface area contributed by atoms with E-state index in [4.69, 9.17) is 35.5 Å². The fourth-order valence-electron chi connectivity index (χ4n) is 10.4. The van der Waals surface area contributed by atoms with Gasteiger partial charge in [0, 0.05) is 43.0 Å². The molecule has 0 radical (unpaired) electrons. The number of carboxylic acids is 1. The number of hydrogen-bond acceptors (Lipinski definition) is 13. The van der Waals surface area contributed by atoms with Gasteiger partial charge in [-0.15, -0.1) is 11.3 Å². The predicted octanol–water partition coefficient (Wildman–Crippen LogP) is 6.42. The van der Waals surface area contributed by atoms with E-state index in [9.17, 15) is 24.3 Å². The molecule has 3 saturated carbocycles. The van der Waals surface area contributed by atoms with Gasteiger partial charge in [-0.2, -0.15) is 0 Å². The molecule has 1 aromatic carbocycles. The summed E-state index contributed by atoms with van der Waals surface area (Å²) in [4.78, 5) is 64.0. The molecule has 2 unspecified atom stereocenters. The van der Waals surface area contributed by atoms with E-state index < -0.39 is 53.6 Å². The first kappa shape index (κ1) is 44.9. The maximum Gasteiger partial charge on any atom is 0.408 e. The molecule has 18 heteroatoms. The molecule has 3 amide bonds. The quantitative estimate of drug-likeness (QED) is 0.157. The highest BCUT2D eigenvalue weighted by Crippen LogP contribution is 2.53. The van der Waals surface area contributed by atoms with Gasteiger partial charge in [-0.1, -0.05) is 43.7 Å². The van der Waals surface area contributed by atoms with Crippen LogP contribution < -0.4 is 26.0 Å². The average Bonchev–Trinajstić information content (AvgIpc) is 3.92. The highest BCUT2D eigenvalue weighted by molar-refractivity contribution is 7.13. The Morgan fingerprint density at radius 2 is 1.81 bits per heavy atom. The van der Waals surface area contributed by atoms with Crippen LogP contribution in [0, 0.1) is 17.8 Å². The summed E-state index contributed by atoms with van der Waals surface area (Å²) in [6.45, 7) is 8.37. The molecule has 64 heavy (non-hydrogen) atoms. The van der Waals surface area contributed by atoms with Gasteiger partial charge in [0.1, 0.15) is 53.0 Å². The summed E-state index contributed by atoms with van der Waals surface area (Å²) in [5.74, 6) is 0.0314. The highest BCUT2D eigenvalue weighted by Gasteiger charge is 2.62. The number of nitrogens with one attached hydrogen (secondary N) is 4. The van der Waals surface area contributed by atoms with Crippen LogP contribution in [-0.2, 0) is 28.6 Å². The monoisotopic (exact) mass is 923 g/mol. The van der Waals surface area contributed by atoms with Crippen LogP contribution in [0.5, 0.6) is 5.75 Å². The van der Waals surface area contributed by atoms with E-state index in [1.165, 1.54) is 22.7 Å². The van der Waals surface area contributed by atoms with Crippen molar-refractivity contribution in [3.63, 3.8) is 0 Å². The highest BCUT2D eigenvalue weighted by atomic mass is 35.5. The number of carbonyl (C=O) groups excluding carboxylic acids is 3. The summed E-state index contributed by atoms with van der Waals surface area (Å²) in [5.41, 5.74) is 0.645. The zero-order chi connectivity index (χ0) is 44.5. The van der Waals surface area contributed by atoms with Crippen LogP contribution in [0.2, 0.25) is 5.02 Å². The first-order valence-corrected chi connectivity index (χ1v) is 24.7. The number of fused-ring (bicyclic) bond motifs is 4. The Labute approximate surface area is 383 Å². The molecule has 6 fully saturated rings. The van der Waals surface area contributed by atoms with Crippen LogP contribution in [0.25, 0.3) is 5.76 Å². The molecular formula is C46H62ClN7O9S. The minimum absolute atomic E-state index is 0.0278. The van der Waals surface area contributed by atoms with Gasteiger partial charge in [0.15, 0.2) is 5.13 Å². The Balaban J connectivity index is 0.985. The first-order valence-electron chi connectivity index (χ1n) is 23.4. The number of aromatic nitrogens is 1. The number of aliphatic carboxylic acids is 1. The molecule has 348 valence electrons. The van der Waals surface area contributed by atoms with E-state index in [1.54, 1.807) is 0 Å². The Morgan fingerprint density at radius 3 is 2.58 bits per heavy atom. The largest absolute Gasteiger partial charge is 0.491 e. The molecule has 7 aliphatic rings. The summed E-state index contributed by atoms with van der Waals surface area (Å²) < 4.78 is 24.5. The molecule has 3 aliphatic carbocycles. The summed E-state index contributed by atoms with van der Waals surface area (Å²) in [6.07, 6.45) is 9.12. The number of alkyl carbamates (subject to hydrolysis) is 1. The van der Waals surface area contributed by atoms with Crippen molar-refractivity contribution in [1.29, 1.82) is 0 Å². The zero-order valence-electron chi connectivity index (χ0n) is 36.8. The molecule has 9 atom stereocenters. The van der Waals surface area contributed by atoms with Crippen LogP contribution in [0.3, 0.4) is 0 Å². The van der Waals surface area contributed by atoms with Crippen molar-refractivity contribution in [3.8, 4) is 5.75 Å². The molecule has 1 aromatic heterocycles. The van der Waals surface area contributed by atoms with Crippen molar-refractivity contribution in [2.45, 2.75) is 133 Å². The van der Waals surface area contributed by atoms with Crippen molar-refractivity contribution in [3.05, 3.63) is 39.9 Å². The third-order valence-electron chi connectivity index (χ3n) is 14.1. The summed E-state index contributed by atoms with van der Waals surface area (Å²) in [5, 5.41) is 26.3. The van der Waals surface area contributed by atoms with E-state index in [0.717, 1.165) is 69.0 Å². The Hall–Kier alpha value is -4.32. The number of ether oxygens (including phenoxy) is 4. The lowest BCUT2D eigenvalue weighted by Gasteiger charge is -2.30. The topological polar surface area (TPSA) is 193 Å². The summed E-state index contributed by atoms with van der Waals surface area (Å²) >= 11 is 8.66. The van der Waals surface area contributed by atoms with Crippen molar-refractivity contribution in [2.75, 3.05) is 56.6 Å². The van der Waals surface area contributed by atoms with Crippen LogP contribution in [0.4, 0.5) is 15.6 Å². The number of thiazole rings is 1. The van der Waals surface area contributed by atoms with E-state index in [0.29, 0.717) is 85.1 Å². The maximum absolute atomic E-state index is 14.8. The molecule has 4 aliphatic heterocycles. The number of anilines is 2. The van der Waals surface area contributed by atoms with Gasteiger partial charge in [-0.3, -0.25) is 14.5 Å². The zero-order valence-corrected chi connectivity index (χ0v) is 38.4. The number of benzene rings is 1. The van der Waals surface area contributed by atoms with Gasteiger partial charge in [-0.25, -0.2) is 14.6 Å². The Kier molecular flexibility index (Phi) is 13.5. The second kappa shape index (κ2) is 19.3. The average molecular weight is 925 g/mol. The smallest absolute Gasteiger partial charge is 0.408 e. The Bertz CT molecular complexity index is 2090. The first-order chi connectivity index (χ1) is 30.9. The Morgan fingerprint density at radius 1 is 1.05 bits per heavy atom. The van der Waals surface area contributed by atoms with E-state index in [-0.39, 0.29) is 31.0 Å². The van der Waals surface area contributed by atoms with Crippen molar-refractivity contribution in [1.82, 2.24) is 25.4 Å². The van der Waals surface area contributed by atoms with Gasteiger partial charge in [0.25, 0.3) is 0 Å². The SMILES string of the molecule is CC(C)Nc1nc(C2C=C(O[C@@H]3C[C@H]4C(=O)N[C@]5(C(=O)O)C[C@H]5CCCCCCC[C@H](NC(=O)OC5C[C@@H]6C[C@@H]6C5)C(=O)N4C3)c3ccc(OCCN4CCOCC4)c(Cl)c3N2)cs1. The second-order valence-corrected chi connectivity index (χ2v) is 20.3. The number of carboxylic acid groups (broad SMARTS) is 1. The number of amides is 3. The molecule has 9 rings (SSSR count). The molecule has 5 heterocycles. The predicted molar refractivity (Wildman–Crippen MR) is 241 cm³/mol. The molecule has 3 saturated heterocycles. The van der Waals surface area contributed by atoms with Gasteiger partial charge in [0.2, 0.25) is 11.8 Å². The third-order valence-corrected chi connectivity index (χ3v) is 15.3. The molecule has 5 N–H and O–H groups in total. The number of carbonyl (C=O) groups is 4. The van der Waals surface area contributed by atoms with Gasteiger partial charge >= 0.3 is 12.1 Å². The van der Waals surface area contributed by atoms with Crippen LogP contribution >= 0.6 is 22.9 Å². The summed E-state index contributed by atoms with van der Waals surface area (Å²) in [6, 6.07) is 1.46. The van der Waals surface area contributed by atoms with Crippen molar-refractivity contribution in [2.24, 2.45) is 17.8 Å². The standard InChI is InChI=1S/C46H62ClN7O9S/c1-26(2)48-44-50-35(25-64-44)34-22-38(32-10-11-37(39(47)40(32)49-34)61-17-14-53-12-15-60-16-13-53)62-31-21-36-41(55)52-46(43(57)58)23-29(46)8-6-4-3-5-7-9-33(42(56)54(36)24-31)51-45(59)63-30-19-27-18-28(27)20-30/h10-11,22,25-31,33-34,36,49H,3-9,12-21,23-24H2,1-2H3,(H,48,50)(H,51,59)(H,52,55)(H,57,58)/t27-,28+,29-,30?,31-,33+,34?,36+,46-/m1/s1. The minimum atomic E-state index is -1.38. The molecule has 16 nitrogen and oxygen atoms in total. The number of nitrogens with zero attached hydrogens (tertiary/aromatic N) is 3. The van der Waals surface area contributed by atoms with Crippen LogP contribution in [-0.4, -0.2) is 126 Å². The number of halogens is 1. The summed E-state index contributed by atoms with van der Waals surface area (Å²) in [7, 11) is 0. The fourth-order valence-corrected chi connectivity index (χ4v) is 11.5. The molecular weight excluding hydrogens is 862 g/mol. The number of hydrogen-bond donors (Lipinski definition) is 5. The minimum Gasteiger partial charge on any atom is -0.491 e. The number of rotatable bonds is 12. The molecule has 0 spiro atoms. The van der Waals surface area contributed by atoms with Crippen molar-refractivity contribution >= 4 is 63.4 Å². The van der Waals surface area contributed by atoms with E-state index in [1.807, 2.05) is 23.6 Å². The second-order valence-electron chi connectivity index (χ2n) is 19.1. The lowest BCUT2D eigenvalue weighted by atomic mass is 10.0. The van der Waals surface area contributed by atoms with E-state index in [2.05, 4.69) is 40.0 Å². The van der Waals surface area contributed by atoms with Crippen LogP contribution in [0.1, 0.15) is 108 Å². The van der Waals surface area contributed by atoms with E-state index >= 15 is 0 Å². The van der Waals surface area contributed by atoms with Gasteiger partial charge < -0.3 is 50.2 Å². The lowest BCUT2D eigenvalue weighted by molar-refractivity contribution is -0.146. The van der Waals surface area contributed by atoms with Crippen LogP contribution in [0.15, 0.2) is 23.6 Å². The lowest BCUT2D eigenvalue weighted by Crippen LogP contribution is -2.56. The van der Waals surface area contributed by atoms with Crippen molar-refractivity contribution < 1.29 is 43.2 Å². The van der Waals surface area contributed by atoms with Gasteiger partial charge in [0.05, 0.1) is 37.2 Å².